The van der Waals surface area contributed by atoms with Crippen molar-refractivity contribution in [3.63, 3.8) is 0 Å². The van der Waals surface area contributed by atoms with Crippen LogP contribution in [0.1, 0.15) is 37.7 Å². The van der Waals surface area contributed by atoms with E-state index in [2.05, 4.69) is 9.97 Å². The summed E-state index contributed by atoms with van der Waals surface area (Å²) < 4.78 is 42.5. The van der Waals surface area contributed by atoms with Crippen LogP contribution in [0.3, 0.4) is 0 Å². The van der Waals surface area contributed by atoms with E-state index in [-0.39, 0.29) is 39.2 Å². The monoisotopic (exact) mass is 518 g/mol. The van der Waals surface area contributed by atoms with E-state index in [1.54, 1.807) is 30.3 Å². The average molecular weight is 519 g/mol. The van der Waals surface area contributed by atoms with Gasteiger partial charge in [-0.2, -0.15) is 5.26 Å². The summed E-state index contributed by atoms with van der Waals surface area (Å²) in [4.78, 5) is 17.4. The number of nitrogen functional groups attached to an aromatic ring is 1. The Hall–Kier alpha value is -4.32. The SMILES string of the molecule is N#Cc1c(-c2c[nH]c3c(F)cc(F)cc23)nc(N)c(F)c1-c1ccccc1.O=C(O)C1CC2CCC1CC2. The summed E-state index contributed by atoms with van der Waals surface area (Å²) in [6.45, 7) is 0. The molecule has 9 heteroatoms. The number of nitrogens with one attached hydrogen (secondary N) is 1. The van der Waals surface area contributed by atoms with E-state index in [0.717, 1.165) is 24.5 Å². The molecule has 3 aliphatic rings. The molecule has 4 aromatic rings. The van der Waals surface area contributed by atoms with Gasteiger partial charge in [0.05, 0.1) is 22.7 Å². The molecule has 7 rings (SSSR count). The molecule has 0 aliphatic heterocycles. The summed E-state index contributed by atoms with van der Waals surface area (Å²) in [5.74, 6) is -2.10. The van der Waals surface area contributed by atoms with Crippen LogP contribution in [0.4, 0.5) is 19.0 Å². The Morgan fingerprint density at radius 3 is 2.39 bits per heavy atom. The van der Waals surface area contributed by atoms with Crippen molar-refractivity contribution in [1.82, 2.24) is 9.97 Å². The van der Waals surface area contributed by atoms with Gasteiger partial charge in [-0.3, -0.25) is 4.79 Å². The van der Waals surface area contributed by atoms with Crippen molar-refractivity contribution in [2.24, 2.45) is 17.8 Å². The number of rotatable bonds is 3. The number of carboxylic acids is 1. The lowest BCUT2D eigenvalue weighted by Gasteiger charge is -2.40. The van der Waals surface area contributed by atoms with Gasteiger partial charge in [0.2, 0.25) is 0 Å². The summed E-state index contributed by atoms with van der Waals surface area (Å²) in [7, 11) is 0. The Kier molecular flexibility index (Phi) is 6.81. The molecule has 38 heavy (non-hydrogen) atoms. The number of hydrogen-bond donors (Lipinski definition) is 3. The Morgan fingerprint density at radius 1 is 1.11 bits per heavy atom. The van der Waals surface area contributed by atoms with Gasteiger partial charge < -0.3 is 15.8 Å². The summed E-state index contributed by atoms with van der Waals surface area (Å²) in [5, 5.41) is 18.7. The third-order valence-electron chi connectivity index (χ3n) is 7.66. The molecule has 3 aliphatic carbocycles. The quantitative estimate of drug-likeness (QED) is 0.280. The van der Waals surface area contributed by atoms with Gasteiger partial charge in [0.25, 0.3) is 0 Å². The van der Waals surface area contributed by atoms with Gasteiger partial charge in [0.1, 0.15) is 17.7 Å². The summed E-state index contributed by atoms with van der Waals surface area (Å²) in [5.41, 5.74) is 6.46. The molecule has 2 bridgehead atoms. The second-order valence-corrected chi connectivity index (χ2v) is 9.86. The Balaban J connectivity index is 0.000000222. The minimum atomic E-state index is -0.821. The van der Waals surface area contributed by atoms with E-state index in [4.69, 9.17) is 10.8 Å². The second-order valence-electron chi connectivity index (χ2n) is 9.86. The van der Waals surface area contributed by atoms with Crippen LogP contribution in [0.2, 0.25) is 0 Å². The topological polar surface area (TPSA) is 116 Å². The van der Waals surface area contributed by atoms with Crippen molar-refractivity contribution in [3.05, 3.63) is 71.7 Å². The predicted molar refractivity (Wildman–Crippen MR) is 137 cm³/mol. The molecule has 2 heterocycles. The number of aromatic amines is 1. The molecule has 194 valence electrons. The second kappa shape index (κ2) is 10.2. The number of pyridine rings is 1. The first-order chi connectivity index (χ1) is 18.3. The molecule has 6 nitrogen and oxygen atoms in total. The Morgan fingerprint density at radius 2 is 1.82 bits per heavy atom. The fraction of sp³-hybridized carbons (Fsp3) is 0.276. The number of halogens is 3. The highest BCUT2D eigenvalue weighted by atomic mass is 19.1. The van der Waals surface area contributed by atoms with E-state index < -0.39 is 29.2 Å². The molecule has 1 atom stereocenters. The minimum Gasteiger partial charge on any atom is -0.481 e. The number of benzene rings is 2. The number of nitrogens with zero attached hydrogens (tertiary/aromatic N) is 2. The van der Waals surface area contributed by atoms with Crippen LogP contribution in [0, 0.1) is 46.5 Å². The predicted octanol–water partition coefficient (Wildman–Crippen LogP) is 6.67. The lowest BCUT2D eigenvalue weighted by atomic mass is 9.65. The Labute approximate surface area is 216 Å². The average Bonchev–Trinajstić information content (AvgIpc) is 3.35. The standard InChI is InChI=1S/C20H11F3N4.C9H14O2/c21-11-6-12-14(9-26-19(12)15(22)7-11)18-13(8-24)16(17(23)20(25)27-18)10-4-2-1-3-5-10;10-9(11)8-5-6-1-3-7(8)4-2-6/h1-7,9,26H,(H2,25,27);6-8H,1-5H2,(H,10,11). The summed E-state index contributed by atoms with van der Waals surface area (Å²) in [6, 6.07) is 12.2. The lowest BCUT2D eigenvalue weighted by molar-refractivity contribution is -0.147. The molecular formula is C29H25F3N4O2. The van der Waals surface area contributed by atoms with Gasteiger partial charge in [0.15, 0.2) is 11.6 Å². The highest BCUT2D eigenvalue weighted by molar-refractivity contribution is 5.98. The molecular weight excluding hydrogens is 493 g/mol. The maximum absolute atomic E-state index is 14.7. The van der Waals surface area contributed by atoms with Crippen LogP contribution < -0.4 is 5.73 Å². The zero-order chi connectivity index (χ0) is 27.0. The van der Waals surface area contributed by atoms with Crippen LogP contribution in [-0.2, 0) is 4.79 Å². The number of carbonyl (C=O) groups is 1. The van der Waals surface area contributed by atoms with Crippen LogP contribution in [-0.4, -0.2) is 21.0 Å². The molecule has 1 unspecified atom stereocenters. The molecule has 4 N–H and O–H groups in total. The molecule has 0 amide bonds. The number of nitriles is 1. The molecule has 2 aromatic heterocycles. The van der Waals surface area contributed by atoms with Crippen LogP contribution in [0.5, 0.6) is 0 Å². The fourth-order valence-electron chi connectivity index (χ4n) is 5.79. The first-order valence-corrected chi connectivity index (χ1v) is 12.4. The number of H-pyrrole nitrogens is 1. The first kappa shape index (κ1) is 25.3. The van der Waals surface area contributed by atoms with E-state index in [1.807, 2.05) is 6.07 Å². The van der Waals surface area contributed by atoms with Crippen LogP contribution in [0.15, 0.2) is 48.7 Å². The normalized spacial score (nSPS) is 20.0. The van der Waals surface area contributed by atoms with Crippen molar-refractivity contribution in [2.75, 3.05) is 5.73 Å². The number of nitrogens with two attached hydrogens (primary N) is 1. The van der Waals surface area contributed by atoms with Gasteiger partial charge in [0, 0.05) is 28.8 Å². The smallest absolute Gasteiger partial charge is 0.306 e. The third kappa shape index (κ3) is 4.58. The van der Waals surface area contributed by atoms with Crippen LogP contribution in [0.25, 0.3) is 33.3 Å². The van der Waals surface area contributed by atoms with E-state index in [9.17, 15) is 23.2 Å². The number of fused-ring (bicyclic) bond motifs is 4. The number of anilines is 1. The van der Waals surface area contributed by atoms with Crippen molar-refractivity contribution < 1.29 is 23.1 Å². The first-order valence-electron chi connectivity index (χ1n) is 12.4. The van der Waals surface area contributed by atoms with Crippen LogP contribution >= 0.6 is 0 Å². The van der Waals surface area contributed by atoms with E-state index in [0.29, 0.717) is 11.5 Å². The zero-order valence-electron chi connectivity index (χ0n) is 20.3. The molecule has 0 radical (unpaired) electrons. The van der Waals surface area contributed by atoms with Gasteiger partial charge in [-0.05, 0) is 42.7 Å². The number of carboxylic acid groups (broad SMARTS) is 1. The van der Waals surface area contributed by atoms with E-state index in [1.165, 1.54) is 31.9 Å². The van der Waals surface area contributed by atoms with Gasteiger partial charge in [-0.1, -0.05) is 43.2 Å². The summed E-state index contributed by atoms with van der Waals surface area (Å²) in [6.07, 6.45) is 7.26. The van der Waals surface area contributed by atoms with Gasteiger partial charge >= 0.3 is 5.97 Å². The number of aromatic nitrogens is 2. The maximum atomic E-state index is 14.7. The summed E-state index contributed by atoms with van der Waals surface area (Å²) >= 11 is 0. The molecule has 0 spiro atoms. The third-order valence-corrected chi connectivity index (χ3v) is 7.66. The highest BCUT2D eigenvalue weighted by Gasteiger charge is 2.39. The van der Waals surface area contributed by atoms with Gasteiger partial charge in [-0.15, -0.1) is 0 Å². The highest BCUT2D eigenvalue weighted by Crippen LogP contribution is 2.45. The fourth-order valence-corrected chi connectivity index (χ4v) is 5.79. The molecule has 3 fully saturated rings. The molecule has 3 saturated carbocycles. The Bertz CT molecular complexity index is 1550. The van der Waals surface area contributed by atoms with Crippen molar-refractivity contribution in [3.8, 4) is 28.5 Å². The zero-order valence-corrected chi connectivity index (χ0v) is 20.3. The lowest BCUT2D eigenvalue weighted by Crippen LogP contribution is -2.35. The van der Waals surface area contributed by atoms with Crippen molar-refractivity contribution in [2.45, 2.75) is 32.1 Å². The van der Waals surface area contributed by atoms with E-state index >= 15 is 0 Å². The largest absolute Gasteiger partial charge is 0.481 e. The molecule has 0 saturated heterocycles. The van der Waals surface area contributed by atoms with Crippen molar-refractivity contribution >= 4 is 22.7 Å². The van der Waals surface area contributed by atoms with Crippen molar-refractivity contribution in [1.29, 1.82) is 5.26 Å². The number of aliphatic carboxylic acids is 1. The molecule has 2 aromatic carbocycles. The maximum Gasteiger partial charge on any atom is 0.306 e. The minimum absolute atomic E-state index is 0.00231. The van der Waals surface area contributed by atoms with Gasteiger partial charge in [-0.25, -0.2) is 18.2 Å². The number of hydrogen-bond acceptors (Lipinski definition) is 4.